The standard InChI is InChI=1S/C12H11F3N4O/c13-12(14,15)10-6-19(5-9(10)11(17)20)8-1-2-18-7(3-8)4-16/h1-3,9-10H,5-6H2,(H2,17,20)/t9-,10-/m1/s1. The largest absolute Gasteiger partial charge is 0.394 e. The molecule has 1 fully saturated rings. The fraction of sp³-hybridized carbons (Fsp3) is 0.417. The van der Waals surface area contributed by atoms with Crippen LogP contribution in [0.25, 0.3) is 0 Å². The molecule has 0 bridgehead atoms. The minimum absolute atomic E-state index is 0.105. The maximum atomic E-state index is 12.9. The lowest BCUT2D eigenvalue weighted by atomic mass is 9.95. The van der Waals surface area contributed by atoms with Gasteiger partial charge < -0.3 is 10.6 Å². The number of primary amides is 1. The molecular formula is C12H11F3N4O. The normalized spacial score (nSPS) is 22.6. The van der Waals surface area contributed by atoms with E-state index >= 15 is 0 Å². The van der Waals surface area contributed by atoms with Crippen LogP contribution < -0.4 is 10.6 Å². The van der Waals surface area contributed by atoms with E-state index in [0.717, 1.165) is 0 Å². The van der Waals surface area contributed by atoms with E-state index in [2.05, 4.69) is 4.98 Å². The van der Waals surface area contributed by atoms with E-state index < -0.39 is 23.9 Å². The Kier molecular flexibility index (Phi) is 3.53. The van der Waals surface area contributed by atoms with Gasteiger partial charge in [-0.25, -0.2) is 4.98 Å². The number of hydrogen-bond donors (Lipinski definition) is 1. The summed E-state index contributed by atoms with van der Waals surface area (Å²) in [6.07, 6.45) is -3.15. The summed E-state index contributed by atoms with van der Waals surface area (Å²) in [6.45, 7) is -0.472. The molecule has 1 saturated heterocycles. The average Bonchev–Trinajstić information content (AvgIpc) is 2.84. The molecule has 0 radical (unpaired) electrons. The molecule has 1 aliphatic rings. The Labute approximate surface area is 112 Å². The molecule has 0 unspecified atom stereocenters. The van der Waals surface area contributed by atoms with E-state index in [1.54, 1.807) is 0 Å². The predicted octanol–water partition coefficient (Wildman–Crippen LogP) is 1.05. The van der Waals surface area contributed by atoms with Gasteiger partial charge in [0.05, 0.1) is 11.8 Å². The van der Waals surface area contributed by atoms with Crippen LogP contribution in [0.15, 0.2) is 18.3 Å². The second-order valence-electron chi connectivity index (χ2n) is 4.57. The van der Waals surface area contributed by atoms with Gasteiger partial charge in [0.1, 0.15) is 11.8 Å². The van der Waals surface area contributed by atoms with Gasteiger partial charge in [-0.1, -0.05) is 0 Å². The first-order valence-corrected chi connectivity index (χ1v) is 5.80. The van der Waals surface area contributed by atoms with Gasteiger partial charge in [0.15, 0.2) is 0 Å². The van der Waals surface area contributed by atoms with E-state index in [4.69, 9.17) is 11.0 Å². The Morgan fingerprint density at radius 3 is 2.70 bits per heavy atom. The molecular weight excluding hydrogens is 273 g/mol. The molecule has 0 aliphatic carbocycles. The van der Waals surface area contributed by atoms with E-state index in [1.165, 1.54) is 23.2 Å². The third-order valence-electron chi connectivity index (χ3n) is 3.33. The minimum Gasteiger partial charge on any atom is -0.370 e. The quantitative estimate of drug-likeness (QED) is 0.880. The van der Waals surface area contributed by atoms with Crippen molar-refractivity contribution >= 4 is 11.6 Å². The summed E-state index contributed by atoms with van der Waals surface area (Å²) >= 11 is 0. The highest BCUT2D eigenvalue weighted by Gasteiger charge is 2.51. The number of alkyl halides is 3. The SMILES string of the molecule is N#Cc1cc(N2C[C@@H](C(F)(F)F)[C@H](C(N)=O)C2)ccn1. The number of nitrogens with two attached hydrogens (primary N) is 1. The zero-order valence-electron chi connectivity index (χ0n) is 10.3. The van der Waals surface area contributed by atoms with Crippen LogP contribution in [0.3, 0.4) is 0 Å². The molecule has 1 amide bonds. The maximum Gasteiger partial charge on any atom is 0.394 e. The third-order valence-corrected chi connectivity index (χ3v) is 3.33. The van der Waals surface area contributed by atoms with Crippen LogP contribution in [0.2, 0.25) is 0 Å². The summed E-state index contributed by atoms with van der Waals surface area (Å²) < 4.78 is 38.7. The number of anilines is 1. The highest BCUT2D eigenvalue weighted by molar-refractivity contribution is 5.79. The van der Waals surface area contributed by atoms with Crippen LogP contribution in [-0.4, -0.2) is 30.2 Å². The molecule has 1 aromatic heterocycles. The van der Waals surface area contributed by atoms with Gasteiger partial charge in [-0.2, -0.15) is 18.4 Å². The number of pyridine rings is 1. The van der Waals surface area contributed by atoms with Crippen LogP contribution >= 0.6 is 0 Å². The maximum absolute atomic E-state index is 12.9. The lowest BCUT2D eigenvalue weighted by Gasteiger charge is -2.19. The van der Waals surface area contributed by atoms with E-state index in [-0.39, 0.29) is 18.8 Å². The fourth-order valence-corrected chi connectivity index (χ4v) is 2.31. The van der Waals surface area contributed by atoms with Crippen molar-refractivity contribution < 1.29 is 18.0 Å². The summed E-state index contributed by atoms with van der Waals surface area (Å²) in [5.41, 5.74) is 5.58. The first kappa shape index (κ1) is 14.1. The van der Waals surface area contributed by atoms with Crippen molar-refractivity contribution in [1.29, 1.82) is 5.26 Å². The van der Waals surface area contributed by atoms with Crippen molar-refractivity contribution in [3.05, 3.63) is 24.0 Å². The fourth-order valence-electron chi connectivity index (χ4n) is 2.31. The molecule has 2 rings (SSSR count). The Balaban J connectivity index is 2.28. The molecule has 1 aromatic rings. The van der Waals surface area contributed by atoms with Crippen molar-refractivity contribution in [2.45, 2.75) is 6.18 Å². The summed E-state index contributed by atoms with van der Waals surface area (Å²) in [7, 11) is 0. The number of carbonyl (C=O) groups is 1. The third kappa shape index (κ3) is 2.66. The molecule has 20 heavy (non-hydrogen) atoms. The number of nitriles is 1. The second kappa shape index (κ2) is 5.00. The lowest BCUT2D eigenvalue weighted by Crippen LogP contribution is -2.37. The first-order chi connectivity index (χ1) is 9.32. The summed E-state index contributed by atoms with van der Waals surface area (Å²) in [4.78, 5) is 16.3. The number of aromatic nitrogens is 1. The minimum atomic E-state index is -4.49. The molecule has 106 valence electrons. The molecule has 2 N–H and O–H groups in total. The van der Waals surface area contributed by atoms with E-state index in [0.29, 0.717) is 5.69 Å². The van der Waals surface area contributed by atoms with Gasteiger partial charge in [-0.15, -0.1) is 0 Å². The molecule has 0 saturated carbocycles. The lowest BCUT2D eigenvalue weighted by molar-refractivity contribution is -0.181. The number of hydrogen-bond acceptors (Lipinski definition) is 4. The Morgan fingerprint density at radius 2 is 2.20 bits per heavy atom. The Morgan fingerprint density at radius 1 is 1.50 bits per heavy atom. The van der Waals surface area contributed by atoms with Crippen LogP contribution in [0.5, 0.6) is 0 Å². The van der Waals surface area contributed by atoms with Gasteiger partial charge in [0.2, 0.25) is 5.91 Å². The smallest absolute Gasteiger partial charge is 0.370 e. The van der Waals surface area contributed by atoms with Gasteiger partial charge in [0.25, 0.3) is 0 Å². The first-order valence-electron chi connectivity index (χ1n) is 5.80. The monoisotopic (exact) mass is 284 g/mol. The highest BCUT2D eigenvalue weighted by Crippen LogP contribution is 2.39. The molecule has 0 aromatic carbocycles. The Bertz CT molecular complexity index is 567. The zero-order valence-corrected chi connectivity index (χ0v) is 10.3. The van der Waals surface area contributed by atoms with Crippen molar-refractivity contribution in [1.82, 2.24) is 4.98 Å². The van der Waals surface area contributed by atoms with E-state index in [1.807, 2.05) is 6.07 Å². The van der Waals surface area contributed by atoms with Crippen molar-refractivity contribution in [3.63, 3.8) is 0 Å². The molecule has 2 heterocycles. The summed E-state index contributed by atoms with van der Waals surface area (Å²) in [5, 5.41) is 8.74. The number of nitrogens with zero attached hydrogens (tertiary/aromatic N) is 3. The van der Waals surface area contributed by atoms with Gasteiger partial charge >= 0.3 is 6.18 Å². The number of halogens is 3. The van der Waals surface area contributed by atoms with Crippen LogP contribution in [0.4, 0.5) is 18.9 Å². The number of carbonyl (C=O) groups excluding carboxylic acids is 1. The van der Waals surface area contributed by atoms with Crippen molar-refractivity contribution in [2.24, 2.45) is 17.6 Å². The molecule has 1 aliphatic heterocycles. The Hall–Kier alpha value is -2.30. The van der Waals surface area contributed by atoms with Gasteiger partial charge in [-0.05, 0) is 12.1 Å². The number of rotatable bonds is 2. The topological polar surface area (TPSA) is 83.0 Å². The van der Waals surface area contributed by atoms with Gasteiger partial charge in [0, 0.05) is 25.0 Å². The average molecular weight is 284 g/mol. The van der Waals surface area contributed by atoms with Crippen LogP contribution in [0, 0.1) is 23.2 Å². The zero-order chi connectivity index (χ0) is 14.9. The van der Waals surface area contributed by atoms with Crippen LogP contribution in [0.1, 0.15) is 5.69 Å². The molecule has 0 spiro atoms. The number of amides is 1. The molecule has 2 atom stereocenters. The molecule has 5 nitrogen and oxygen atoms in total. The molecule has 8 heteroatoms. The predicted molar refractivity (Wildman–Crippen MR) is 63.4 cm³/mol. The van der Waals surface area contributed by atoms with Crippen LogP contribution in [-0.2, 0) is 4.79 Å². The van der Waals surface area contributed by atoms with Gasteiger partial charge in [-0.3, -0.25) is 4.79 Å². The van der Waals surface area contributed by atoms with Crippen molar-refractivity contribution in [2.75, 3.05) is 18.0 Å². The summed E-state index contributed by atoms with van der Waals surface area (Å²) in [6, 6.07) is 4.70. The van der Waals surface area contributed by atoms with Crippen molar-refractivity contribution in [3.8, 4) is 6.07 Å². The summed E-state index contributed by atoms with van der Waals surface area (Å²) in [5.74, 6) is -4.04. The highest BCUT2D eigenvalue weighted by atomic mass is 19.4. The van der Waals surface area contributed by atoms with E-state index in [9.17, 15) is 18.0 Å². The second-order valence-corrected chi connectivity index (χ2v) is 4.57.